The Hall–Kier alpha value is -3.33. The van der Waals surface area contributed by atoms with Crippen LogP contribution in [-0.4, -0.2) is 18.9 Å². The molecule has 1 heterocycles. The number of rotatable bonds is 5. The highest BCUT2D eigenvalue weighted by Gasteiger charge is 2.36. The van der Waals surface area contributed by atoms with Crippen molar-refractivity contribution in [3.63, 3.8) is 0 Å². The average molecular weight is 527 g/mol. The summed E-state index contributed by atoms with van der Waals surface area (Å²) in [5, 5.41) is 0. The van der Waals surface area contributed by atoms with Gasteiger partial charge in [-0.15, -0.1) is 0 Å². The van der Waals surface area contributed by atoms with E-state index in [4.69, 9.17) is 19.9 Å². The minimum absolute atomic E-state index is 0.0362. The molecule has 3 aromatic rings. The van der Waals surface area contributed by atoms with Crippen molar-refractivity contribution in [2.75, 3.05) is 7.11 Å². The Balaban J connectivity index is 1.57. The summed E-state index contributed by atoms with van der Waals surface area (Å²) >= 11 is 2.10. The molecule has 0 aromatic heterocycles. The highest BCUT2D eigenvalue weighted by Crippen LogP contribution is 2.36. The first-order chi connectivity index (χ1) is 15.0. The molecule has 1 aliphatic heterocycles. The number of nitrogens with two attached hydrogens (primary N) is 1. The van der Waals surface area contributed by atoms with Gasteiger partial charge < -0.3 is 19.9 Å². The molecule has 0 spiro atoms. The van der Waals surface area contributed by atoms with E-state index in [9.17, 15) is 9.59 Å². The van der Waals surface area contributed by atoms with Crippen LogP contribution in [0.25, 0.3) is 5.57 Å². The molecular formula is C24H18INO5. The van der Waals surface area contributed by atoms with E-state index in [-0.39, 0.29) is 17.2 Å². The lowest BCUT2D eigenvalue weighted by Crippen LogP contribution is -2.11. The molecule has 0 bridgehead atoms. The summed E-state index contributed by atoms with van der Waals surface area (Å²) in [4.78, 5) is 25.7. The Bertz CT molecular complexity index is 1190. The summed E-state index contributed by atoms with van der Waals surface area (Å²) in [5.74, 6) is 0.322. The summed E-state index contributed by atoms with van der Waals surface area (Å²) in [7, 11) is 1.57. The third-order valence-corrected chi connectivity index (χ3v) is 5.64. The van der Waals surface area contributed by atoms with Crippen molar-refractivity contribution in [1.82, 2.24) is 0 Å². The Morgan fingerprint density at radius 2 is 1.81 bits per heavy atom. The zero-order chi connectivity index (χ0) is 22.0. The smallest absolute Gasteiger partial charge is 0.343 e. The monoisotopic (exact) mass is 527 g/mol. The van der Waals surface area contributed by atoms with Crippen molar-refractivity contribution in [2.45, 2.75) is 6.10 Å². The lowest BCUT2D eigenvalue weighted by Gasteiger charge is -2.10. The zero-order valence-electron chi connectivity index (χ0n) is 16.5. The second-order valence-electron chi connectivity index (χ2n) is 6.78. The molecule has 0 aliphatic carbocycles. The molecule has 1 atom stereocenters. The van der Waals surface area contributed by atoms with E-state index < -0.39 is 12.1 Å². The Morgan fingerprint density at radius 3 is 2.52 bits per heavy atom. The topological polar surface area (TPSA) is 87.8 Å². The van der Waals surface area contributed by atoms with E-state index in [1.165, 1.54) is 0 Å². The molecule has 1 aliphatic rings. The van der Waals surface area contributed by atoms with E-state index >= 15 is 0 Å². The number of esters is 1. The third kappa shape index (κ3) is 4.27. The SMILES string of the molecule is COc1ccc(OC(=O)c2cccc(C3=C(N)OC(c4ccccc4)C3=O)c2)cc1I. The summed E-state index contributed by atoms with van der Waals surface area (Å²) in [6.07, 6.45) is -0.798. The fourth-order valence-electron chi connectivity index (χ4n) is 3.30. The maximum Gasteiger partial charge on any atom is 0.343 e. The van der Waals surface area contributed by atoms with Crippen molar-refractivity contribution >= 4 is 39.9 Å². The van der Waals surface area contributed by atoms with E-state index in [2.05, 4.69) is 22.6 Å². The molecule has 0 radical (unpaired) electrons. The second kappa shape index (κ2) is 8.81. The number of benzene rings is 3. The number of carbonyl (C=O) groups is 2. The van der Waals surface area contributed by atoms with Crippen LogP contribution in [0.4, 0.5) is 0 Å². The van der Waals surface area contributed by atoms with Crippen LogP contribution in [0.5, 0.6) is 11.5 Å². The molecule has 156 valence electrons. The number of Topliss-reactive ketones (excluding diaryl/α,β-unsaturated/α-hetero) is 1. The molecule has 0 fully saturated rings. The predicted octanol–water partition coefficient (Wildman–Crippen LogP) is 4.49. The number of hydrogen-bond acceptors (Lipinski definition) is 6. The van der Waals surface area contributed by atoms with Gasteiger partial charge in [0.25, 0.3) is 0 Å². The van der Waals surface area contributed by atoms with Gasteiger partial charge in [0.2, 0.25) is 5.78 Å². The summed E-state index contributed by atoms with van der Waals surface area (Å²) < 4.78 is 17.1. The summed E-state index contributed by atoms with van der Waals surface area (Å²) in [5.41, 5.74) is 7.79. The number of carbonyl (C=O) groups excluding carboxylic acids is 2. The number of halogens is 1. The normalized spacial score (nSPS) is 15.5. The lowest BCUT2D eigenvalue weighted by atomic mass is 9.96. The first-order valence-electron chi connectivity index (χ1n) is 9.39. The van der Waals surface area contributed by atoms with Crippen molar-refractivity contribution in [1.29, 1.82) is 0 Å². The van der Waals surface area contributed by atoms with Gasteiger partial charge in [0, 0.05) is 5.56 Å². The van der Waals surface area contributed by atoms with Gasteiger partial charge in [0.1, 0.15) is 11.5 Å². The van der Waals surface area contributed by atoms with Gasteiger partial charge in [-0.25, -0.2) is 4.79 Å². The minimum atomic E-state index is -0.798. The largest absolute Gasteiger partial charge is 0.496 e. The van der Waals surface area contributed by atoms with E-state index in [0.717, 1.165) is 9.13 Å². The molecule has 7 heteroatoms. The molecule has 4 rings (SSSR count). The molecule has 0 saturated carbocycles. The average Bonchev–Trinajstić information content (AvgIpc) is 3.08. The second-order valence-corrected chi connectivity index (χ2v) is 7.94. The van der Waals surface area contributed by atoms with Gasteiger partial charge in [-0.05, 0) is 58.5 Å². The van der Waals surface area contributed by atoms with Gasteiger partial charge >= 0.3 is 5.97 Å². The van der Waals surface area contributed by atoms with E-state index in [0.29, 0.717) is 22.6 Å². The number of methoxy groups -OCH3 is 1. The summed E-state index contributed by atoms with van der Waals surface area (Å²) in [6, 6.07) is 20.8. The number of ether oxygens (including phenoxy) is 3. The fourth-order valence-corrected chi connectivity index (χ4v) is 4.01. The molecule has 31 heavy (non-hydrogen) atoms. The number of hydrogen-bond donors (Lipinski definition) is 1. The molecular weight excluding hydrogens is 509 g/mol. The van der Waals surface area contributed by atoms with Crippen LogP contribution < -0.4 is 15.2 Å². The van der Waals surface area contributed by atoms with Crippen LogP contribution in [0.2, 0.25) is 0 Å². The molecule has 3 aromatic carbocycles. The Morgan fingerprint density at radius 1 is 1.03 bits per heavy atom. The van der Waals surface area contributed by atoms with Crippen LogP contribution in [-0.2, 0) is 9.53 Å². The van der Waals surface area contributed by atoms with Gasteiger partial charge in [-0.1, -0.05) is 42.5 Å². The standard InChI is InChI=1S/C24H18INO5/c1-29-19-11-10-17(13-18(19)25)30-24(28)16-9-5-8-15(12-16)20-21(27)22(31-23(20)26)14-6-3-2-4-7-14/h2-13,22H,26H2,1H3. The highest BCUT2D eigenvalue weighted by molar-refractivity contribution is 14.1. The van der Waals surface area contributed by atoms with Gasteiger partial charge in [-0.2, -0.15) is 0 Å². The van der Waals surface area contributed by atoms with Gasteiger partial charge in [0.15, 0.2) is 12.0 Å². The maximum atomic E-state index is 13.0. The quantitative estimate of drug-likeness (QED) is 0.299. The van der Waals surface area contributed by atoms with Crippen LogP contribution >= 0.6 is 22.6 Å². The highest BCUT2D eigenvalue weighted by atomic mass is 127. The van der Waals surface area contributed by atoms with Crippen LogP contribution in [0, 0.1) is 3.57 Å². The Labute approximate surface area is 192 Å². The van der Waals surface area contributed by atoms with Crippen molar-refractivity contribution < 1.29 is 23.8 Å². The van der Waals surface area contributed by atoms with Crippen molar-refractivity contribution in [3.05, 3.63) is 98.9 Å². The molecule has 0 amide bonds. The van der Waals surface area contributed by atoms with Crippen LogP contribution in [0.3, 0.4) is 0 Å². The lowest BCUT2D eigenvalue weighted by molar-refractivity contribution is -0.120. The number of ketones is 1. The Kier molecular flexibility index (Phi) is 5.94. The third-order valence-electron chi connectivity index (χ3n) is 4.80. The van der Waals surface area contributed by atoms with Crippen molar-refractivity contribution in [2.24, 2.45) is 5.73 Å². The molecule has 2 N–H and O–H groups in total. The predicted molar refractivity (Wildman–Crippen MR) is 123 cm³/mol. The van der Waals surface area contributed by atoms with Gasteiger partial charge in [-0.3, -0.25) is 4.79 Å². The minimum Gasteiger partial charge on any atom is -0.496 e. The fraction of sp³-hybridized carbons (Fsp3) is 0.0833. The van der Waals surface area contributed by atoms with E-state index in [1.54, 1.807) is 49.6 Å². The van der Waals surface area contributed by atoms with E-state index in [1.807, 2.05) is 30.3 Å². The van der Waals surface area contributed by atoms with Crippen LogP contribution in [0.1, 0.15) is 27.6 Å². The summed E-state index contributed by atoms with van der Waals surface area (Å²) in [6.45, 7) is 0. The molecule has 6 nitrogen and oxygen atoms in total. The van der Waals surface area contributed by atoms with Crippen LogP contribution in [0.15, 0.2) is 78.7 Å². The van der Waals surface area contributed by atoms with Crippen molar-refractivity contribution in [3.8, 4) is 11.5 Å². The molecule has 1 unspecified atom stereocenters. The first-order valence-corrected chi connectivity index (χ1v) is 10.5. The first kappa shape index (κ1) is 20.9. The molecule has 0 saturated heterocycles. The zero-order valence-corrected chi connectivity index (χ0v) is 18.7. The maximum absolute atomic E-state index is 13.0. The van der Waals surface area contributed by atoms with Gasteiger partial charge in [0.05, 0.1) is 21.8 Å².